The topological polar surface area (TPSA) is 46.9 Å². The molecular formula is C17H13BrFN3O. The molecule has 3 rings (SSSR count). The van der Waals surface area contributed by atoms with Gasteiger partial charge in [0.15, 0.2) is 0 Å². The molecule has 0 saturated carbocycles. The van der Waals surface area contributed by atoms with Crippen LogP contribution in [0.2, 0.25) is 0 Å². The molecule has 0 spiro atoms. The van der Waals surface area contributed by atoms with Gasteiger partial charge in [0, 0.05) is 22.8 Å². The number of nitrogens with zero attached hydrogens (tertiary/aromatic N) is 2. The minimum atomic E-state index is -0.335. The molecule has 116 valence electrons. The number of halogens is 2. The van der Waals surface area contributed by atoms with Crippen LogP contribution in [0.5, 0.6) is 0 Å². The van der Waals surface area contributed by atoms with Crippen LogP contribution in [-0.2, 0) is 6.54 Å². The average molecular weight is 374 g/mol. The van der Waals surface area contributed by atoms with Crippen LogP contribution in [0, 0.1) is 5.82 Å². The number of carbonyl (C=O) groups excluding carboxylic acids is 1. The fourth-order valence-electron chi connectivity index (χ4n) is 2.09. The molecule has 4 nitrogen and oxygen atoms in total. The first kappa shape index (κ1) is 15.4. The second-order valence-electron chi connectivity index (χ2n) is 4.92. The van der Waals surface area contributed by atoms with Crippen LogP contribution in [0.25, 0.3) is 5.69 Å². The van der Waals surface area contributed by atoms with Gasteiger partial charge in [0.25, 0.3) is 5.91 Å². The van der Waals surface area contributed by atoms with E-state index in [0.29, 0.717) is 11.1 Å². The molecule has 6 heteroatoms. The van der Waals surface area contributed by atoms with E-state index in [-0.39, 0.29) is 18.3 Å². The zero-order chi connectivity index (χ0) is 16.2. The first-order valence-corrected chi connectivity index (χ1v) is 7.75. The summed E-state index contributed by atoms with van der Waals surface area (Å²) >= 11 is 3.37. The second kappa shape index (κ2) is 6.75. The maximum absolute atomic E-state index is 13.5. The first-order chi connectivity index (χ1) is 11.1. The highest BCUT2D eigenvalue weighted by molar-refractivity contribution is 9.10. The van der Waals surface area contributed by atoms with Gasteiger partial charge in [0.1, 0.15) is 5.82 Å². The Balaban J connectivity index is 1.69. The van der Waals surface area contributed by atoms with Gasteiger partial charge in [-0.1, -0.05) is 34.1 Å². The van der Waals surface area contributed by atoms with Crippen LogP contribution < -0.4 is 5.32 Å². The molecule has 0 aliphatic carbocycles. The Morgan fingerprint density at radius 1 is 1.17 bits per heavy atom. The number of carbonyl (C=O) groups is 1. The maximum Gasteiger partial charge on any atom is 0.254 e. The van der Waals surface area contributed by atoms with E-state index in [1.54, 1.807) is 29.1 Å². The summed E-state index contributed by atoms with van der Waals surface area (Å²) in [5.74, 6) is -0.630. The largest absolute Gasteiger partial charge is 0.348 e. The molecule has 0 aliphatic rings. The SMILES string of the molecule is O=C(NCc1ccccc1F)c1cnn(-c2ccc(Br)cc2)c1. The number of hydrogen-bond acceptors (Lipinski definition) is 2. The summed E-state index contributed by atoms with van der Waals surface area (Å²) in [5, 5.41) is 6.87. The van der Waals surface area contributed by atoms with E-state index in [1.807, 2.05) is 24.3 Å². The van der Waals surface area contributed by atoms with Crippen molar-refractivity contribution in [3.05, 3.63) is 82.3 Å². The zero-order valence-electron chi connectivity index (χ0n) is 12.0. The van der Waals surface area contributed by atoms with E-state index in [0.717, 1.165) is 10.2 Å². The van der Waals surface area contributed by atoms with Gasteiger partial charge in [-0.2, -0.15) is 5.10 Å². The van der Waals surface area contributed by atoms with Crippen molar-refractivity contribution >= 4 is 21.8 Å². The summed E-state index contributed by atoms with van der Waals surface area (Å²) in [6, 6.07) is 13.9. The Bertz CT molecular complexity index is 830. The summed E-state index contributed by atoms with van der Waals surface area (Å²) in [4.78, 5) is 12.1. The third kappa shape index (κ3) is 3.65. The minimum absolute atomic E-state index is 0.134. The molecule has 0 unspecified atom stereocenters. The van der Waals surface area contributed by atoms with E-state index >= 15 is 0 Å². The van der Waals surface area contributed by atoms with Crippen molar-refractivity contribution in [2.75, 3.05) is 0 Å². The van der Waals surface area contributed by atoms with Gasteiger partial charge in [-0.25, -0.2) is 9.07 Å². The van der Waals surface area contributed by atoms with Gasteiger partial charge in [-0.3, -0.25) is 4.79 Å². The lowest BCUT2D eigenvalue weighted by Crippen LogP contribution is -2.22. The quantitative estimate of drug-likeness (QED) is 0.757. The van der Waals surface area contributed by atoms with Crippen molar-refractivity contribution in [3.8, 4) is 5.69 Å². The van der Waals surface area contributed by atoms with Gasteiger partial charge in [-0.05, 0) is 30.3 Å². The molecule has 0 aliphatic heterocycles. The number of hydrogen-bond donors (Lipinski definition) is 1. The van der Waals surface area contributed by atoms with Crippen molar-refractivity contribution in [1.82, 2.24) is 15.1 Å². The lowest BCUT2D eigenvalue weighted by Gasteiger charge is -2.04. The van der Waals surface area contributed by atoms with Crippen LogP contribution >= 0.6 is 15.9 Å². The van der Waals surface area contributed by atoms with Crippen molar-refractivity contribution in [3.63, 3.8) is 0 Å². The predicted molar refractivity (Wildman–Crippen MR) is 88.8 cm³/mol. The van der Waals surface area contributed by atoms with Gasteiger partial charge >= 0.3 is 0 Å². The standard InChI is InChI=1S/C17H13BrFN3O/c18-14-5-7-15(8-6-14)22-11-13(10-21-22)17(23)20-9-12-3-1-2-4-16(12)19/h1-8,10-11H,9H2,(H,20,23). The predicted octanol–water partition coefficient (Wildman–Crippen LogP) is 3.70. The summed E-state index contributed by atoms with van der Waals surface area (Å²) in [6.45, 7) is 0.134. The molecule has 1 N–H and O–H groups in total. The van der Waals surface area contributed by atoms with Crippen LogP contribution in [0.15, 0.2) is 65.4 Å². The van der Waals surface area contributed by atoms with Crippen LogP contribution in [0.1, 0.15) is 15.9 Å². The molecule has 1 amide bonds. The monoisotopic (exact) mass is 373 g/mol. The van der Waals surface area contributed by atoms with Gasteiger partial charge in [0.05, 0.1) is 17.4 Å². The Kier molecular flexibility index (Phi) is 4.52. The van der Waals surface area contributed by atoms with E-state index in [9.17, 15) is 9.18 Å². The van der Waals surface area contributed by atoms with E-state index < -0.39 is 0 Å². The third-order valence-corrected chi connectivity index (χ3v) is 3.86. The summed E-state index contributed by atoms with van der Waals surface area (Å²) in [7, 11) is 0. The van der Waals surface area contributed by atoms with Crippen molar-refractivity contribution in [1.29, 1.82) is 0 Å². The van der Waals surface area contributed by atoms with E-state index in [4.69, 9.17) is 0 Å². The van der Waals surface area contributed by atoms with Crippen molar-refractivity contribution in [2.24, 2.45) is 0 Å². The third-order valence-electron chi connectivity index (χ3n) is 3.33. The Morgan fingerprint density at radius 2 is 1.91 bits per heavy atom. The number of rotatable bonds is 4. The molecule has 1 aromatic heterocycles. The molecular weight excluding hydrogens is 361 g/mol. The van der Waals surface area contributed by atoms with E-state index in [1.165, 1.54) is 12.3 Å². The normalized spacial score (nSPS) is 10.5. The van der Waals surface area contributed by atoms with Crippen molar-refractivity contribution < 1.29 is 9.18 Å². The van der Waals surface area contributed by atoms with Crippen LogP contribution in [0.4, 0.5) is 4.39 Å². The smallest absolute Gasteiger partial charge is 0.254 e. The van der Waals surface area contributed by atoms with Crippen LogP contribution in [0.3, 0.4) is 0 Å². The average Bonchev–Trinajstić information content (AvgIpc) is 3.04. The highest BCUT2D eigenvalue weighted by atomic mass is 79.9. The summed E-state index contributed by atoms with van der Waals surface area (Å²) in [5.41, 5.74) is 1.71. The molecule has 0 atom stereocenters. The van der Waals surface area contributed by atoms with Gasteiger partial charge in [0.2, 0.25) is 0 Å². The number of aromatic nitrogens is 2. The number of amides is 1. The highest BCUT2D eigenvalue weighted by Crippen LogP contribution is 2.14. The first-order valence-electron chi connectivity index (χ1n) is 6.96. The maximum atomic E-state index is 13.5. The lowest BCUT2D eigenvalue weighted by molar-refractivity contribution is 0.0950. The van der Waals surface area contributed by atoms with Crippen LogP contribution in [-0.4, -0.2) is 15.7 Å². The molecule has 2 aromatic carbocycles. The fraction of sp³-hybridized carbons (Fsp3) is 0.0588. The highest BCUT2D eigenvalue weighted by Gasteiger charge is 2.10. The summed E-state index contributed by atoms with van der Waals surface area (Å²) < 4.78 is 16.1. The Hall–Kier alpha value is -2.47. The van der Waals surface area contributed by atoms with E-state index in [2.05, 4.69) is 26.3 Å². The van der Waals surface area contributed by atoms with Crippen molar-refractivity contribution in [2.45, 2.75) is 6.54 Å². The molecule has 0 fully saturated rings. The van der Waals surface area contributed by atoms with Gasteiger partial charge < -0.3 is 5.32 Å². The Labute approximate surface area is 141 Å². The zero-order valence-corrected chi connectivity index (χ0v) is 13.6. The van der Waals surface area contributed by atoms with Gasteiger partial charge in [-0.15, -0.1) is 0 Å². The second-order valence-corrected chi connectivity index (χ2v) is 5.84. The minimum Gasteiger partial charge on any atom is -0.348 e. The summed E-state index contributed by atoms with van der Waals surface area (Å²) in [6.07, 6.45) is 3.12. The molecule has 0 radical (unpaired) electrons. The Morgan fingerprint density at radius 3 is 2.65 bits per heavy atom. The molecule has 0 saturated heterocycles. The molecule has 3 aromatic rings. The number of benzene rings is 2. The number of nitrogens with one attached hydrogen (secondary N) is 1. The molecule has 0 bridgehead atoms. The molecule has 1 heterocycles. The molecule has 23 heavy (non-hydrogen) atoms. The lowest BCUT2D eigenvalue weighted by atomic mass is 10.2. The fourth-order valence-corrected chi connectivity index (χ4v) is 2.36.